The lowest BCUT2D eigenvalue weighted by molar-refractivity contribution is 0.822. The predicted octanol–water partition coefficient (Wildman–Crippen LogP) is 1.34. The molecule has 0 saturated carbocycles. The minimum absolute atomic E-state index is 0.0948. The molecule has 0 unspecified atom stereocenters. The second-order valence-corrected chi connectivity index (χ2v) is 3.70. The highest BCUT2D eigenvalue weighted by Crippen LogP contribution is 2.26. The first-order valence-corrected chi connectivity index (χ1v) is 4.97. The van der Waals surface area contributed by atoms with Gasteiger partial charge in [-0.05, 0) is 13.0 Å². The Bertz CT molecular complexity index is 573. The Morgan fingerprint density at radius 2 is 2.19 bits per heavy atom. The summed E-state index contributed by atoms with van der Waals surface area (Å²) in [4.78, 5) is 15.6. The molecule has 2 heterocycles. The molecular formula is C12H13N3O. The smallest absolute Gasteiger partial charge is 0.252 e. The summed E-state index contributed by atoms with van der Waals surface area (Å²) in [5, 5.41) is 0. The molecule has 0 saturated heterocycles. The summed E-state index contributed by atoms with van der Waals surface area (Å²) in [5.74, 6) is 0. The molecule has 16 heavy (non-hydrogen) atoms. The van der Waals surface area contributed by atoms with Crippen molar-refractivity contribution in [2.24, 2.45) is 7.05 Å². The topological polar surface area (TPSA) is 60.9 Å². The van der Waals surface area contributed by atoms with E-state index in [0.29, 0.717) is 5.69 Å². The van der Waals surface area contributed by atoms with E-state index in [1.807, 2.05) is 19.1 Å². The maximum atomic E-state index is 11.5. The molecule has 0 fully saturated rings. The first kappa shape index (κ1) is 10.4. The summed E-state index contributed by atoms with van der Waals surface area (Å²) in [5.41, 5.74) is 8.92. The molecule has 2 N–H and O–H groups in total. The molecule has 2 aromatic rings. The Kier molecular flexibility index (Phi) is 2.48. The normalized spacial score (nSPS) is 10.4. The monoisotopic (exact) mass is 215 g/mol. The molecule has 2 rings (SSSR count). The number of hydrogen-bond donors (Lipinski definition) is 1. The summed E-state index contributed by atoms with van der Waals surface area (Å²) < 4.78 is 1.58. The largest absolute Gasteiger partial charge is 0.398 e. The van der Waals surface area contributed by atoms with Gasteiger partial charge in [0.2, 0.25) is 0 Å². The lowest BCUT2D eigenvalue weighted by Gasteiger charge is -2.12. The molecule has 0 aromatic carbocycles. The van der Waals surface area contributed by atoms with E-state index in [4.69, 9.17) is 5.73 Å². The third kappa shape index (κ3) is 1.58. The Balaban J connectivity index is 2.76. The number of pyridine rings is 2. The van der Waals surface area contributed by atoms with Crippen molar-refractivity contribution in [1.29, 1.82) is 0 Å². The lowest BCUT2D eigenvalue weighted by Crippen LogP contribution is -2.20. The van der Waals surface area contributed by atoms with Crippen LogP contribution in [0, 0.1) is 6.92 Å². The van der Waals surface area contributed by atoms with Crippen molar-refractivity contribution in [1.82, 2.24) is 9.55 Å². The van der Waals surface area contributed by atoms with Crippen LogP contribution in [0.1, 0.15) is 5.69 Å². The number of nitrogen functional groups attached to an aromatic ring is 1. The second-order valence-electron chi connectivity index (χ2n) is 3.70. The summed E-state index contributed by atoms with van der Waals surface area (Å²) in [6.45, 7) is 1.88. The molecule has 0 atom stereocenters. The number of hydrogen-bond acceptors (Lipinski definition) is 3. The number of rotatable bonds is 1. The second kappa shape index (κ2) is 3.81. The molecule has 0 amide bonds. The van der Waals surface area contributed by atoms with Crippen LogP contribution in [-0.2, 0) is 7.05 Å². The first-order valence-electron chi connectivity index (χ1n) is 4.97. The van der Waals surface area contributed by atoms with Gasteiger partial charge in [-0.1, -0.05) is 6.07 Å². The fourth-order valence-electron chi connectivity index (χ4n) is 1.73. The van der Waals surface area contributed by atoms with E-state index in [0.717, 1.165) is 16.8 Å². The van der Waals surface area contributed by atoms with Crippen LogP contribution in [0.4, 0.5) is 5.69 Å². The molecule has 0 aliphatic heterocycles. The average Bonchev–Trinajstić information content (AvgIpc) is 2.28. The van der Waals surface area contributed by atoms with Gasteiger partial charge in [0.05, 0.1) is 0 Å². The minimum Gasteiger partial charge on any atom is -0.398 e. The van der Waals surface area contributed by atoms with Crippen molar-refractivity contribution >= 4 is 5.69 Å². The minimum atomic E-state index is -0.0948. The van der Waals surface area contributed by atoms with Crippen LogP contribution in [0.3, 0.4) is 0 Å². The zero-order valence-corrected chi connectivity index (χ0v) is 9.27. The van der Waals surface area contributed by atoms with E-state index in [1.54, 1.807) is 24.0 Å². The Hall–Kier alpha value is -2.10. The molecule has 0 aliphatic carbocycles. The van der Waals surface area contributed by atoms with E-state index in [2.05, 4.69) is 4.98 Å². The van der Waals surface area contributed by atoms with E-state index < -0.39 is 0 Å². The van der Waals surface area contributed by atoms with Crippen LogP contribution < -0.4 is 11.3 Å². The van der Waals surface area contributed by atoms with E-state index >= 15 is 0 Å². The Morgan fingerprint density at radius 1 is 1.44 bits per heavy atom. The fraction of sp³-hybridized carbons (Fsp3) is 0.167. The van der Waals surface area contributed by atoms with E-state index in [9.17, 15) is 4.79 Å². The van der Waals surface area contributed by atoms with Crippen molar-refractivity contribution in [2.75, 3.05) is 5.73 Å². The highest BCUT2D eigenvalue weighted by molar-refractivity contribution is 5.77. The van der Waals surface area contributed by atoms with Crippen molar-refractivity contribution in [2.45, 2.75) is 6.92 Å². The molecule has 2 aromatic heterocycles. The third-order valence-electron chi connectivity index (χ3n) is 2.71. The summed E-state index contributed by atoms with van der Waals surface area (Å²) >= 11 is 0. The van der Waals surface area contributed by atoms with Gasteiger partial charge in [-0.2, -0.15) is 0 Å². The molecular weight excluding hydrogens is 202 g/mol. The van der Waals surface area contributed by atoms with Gasteiger partial charge in [-0.15, -0.1) is 0 Å². The molecule has 4 heteroatoms. The van der Waals surface area contributed by atoms with Crippen LogP contribution in [0.2, 0.25) is 0 Å². The molecule has 0 bridgehead atoms. The van der Waals surface area contributed by atoms with Crippen LogP contribution in [0.15, 0.2) is 35.4 Å². The van der Waals surface area contributed by atoms with Crippen LogP contribution >= 0.6 is 0 Å². The Morgan fingerprint density at radius 3 is 2.81 bits per heavy atom. The molecule has 82 valence electrons. The molecule has 0 radical (unpaired) electrons. The summed E-state index contributed by atoms with van der Waals surface area (Å²) in [6, 6.07) is 5.21. The van der Waals surface area contributed by atoms with Crippen molar-refractivity contribution in [3.63, 3.8) is 0 Å². The zero-order chi connectivity index (χ0) is 11.7. The van der Waals surface area contributed by atoms with Gasteiger partial charge < -0.3 is 10.3 Å². The van der Waals surface area contributed by atoms with Gasteiger partial charge in [0, 0.05) is 48.0 Å². The standard InChI is InChI=1S/C12H13N3O/c1-8-12(9-4-3-5-14-7-9)10(13)6-11(16)15(8)2/h3-7H,13H2,1-2H3. The van der Waals surface area contributed by atoms with Gasteiger partial charge in [0.1, 0.15) is 0 Å². The van der Waals surface area contributed by atoms with E-state index in [1.165, 1.54) is 6.07 Å². The van der Waals surface area contributed by atoms with Crippen molar-refractivity contribution < 1.29 is 0 Å². The summed E-state index contributed by atoms with van der Waals surface area (Å²) in [6.07, 6.45) is 3.44. The van der Waals surface area contributed by atoms with Gasteiger partial charge >= 0.3 is 0 Å². The van der Waals surface area contributed by atoms with Crippen molar-refractivity contribution in [3.8, 4) is 11.1 Å². The SMILES string of the molecule is Cc1c(-c2cccnc2)c(N)cc(=O)n1C. The third-order valence-corrected chi connectivity index (χ3v) is 2.71. The van der Waals surface area contributed by atoms with E-state index in [-0.39, 0.29) is 5.56 Å². The summed E-state index contributed by atoms with van der Waals surface area (Å²) in [7, 11) is 1.73. The first-order chi connectivity index (χ1) is 7.61. The number of anilines is 1. The van der Waals surface area contributed by atoms with Crippen LogP contribution in [-0.4, -0.2) is 9.55 Å². The number of nitrogens with two attached hydrogens (primary N) is 1. The zero-order valence-electron chi connectivity index (χ0n) is 9.27. The van der Waals surface area contributed by atoms with Gasteiger partial charge in [0.25, 0.3) is 5.56 Å². The molecule has 0 aliphatic rings. The van der Waals surface area contributed by atoms with Crippen LogP contribution in [0.5, 0.6) is 0 Å². The van der Waals surface area contributed by atoms with Gasteiger partial charge in [0.15, 0.2) is 0 Å². The number of nitrogens with zero attached hydrogens (tertiary/aromatic N) is 2. The number of aromatic nitrogens is 2. The van der Waals surface area contributed by atoms with Gasteiger partial charge in [-0.25, -0.2) is 0 Å². The highest BCUT2D eigenvalue weighted by Gasteiger charge is 2.10. The maximum Gasteiger partial charge on any atom is 0.252 e. The average molecular weight is 215 g/mol. The maximum absolute atomic E-state index is 11.5. The fourth-order valence-corrected chi connectivity index (χ4v) is 1.73. The quantitative estimate of drug-likeness (QED) is 0.780. The van der Waals surface area contributed by atoms with Gasteiger partial charge in [-0.3, -0.25) is 9.78 Å². The predicted molar refractivity (Wildman–Crippen MR) is 64.1 cm³/mol. The lowest BCUT2D eigenvalue weighted by atomic mass is 10.0. The van der Waals surface area contributed by atoms with Crippen molar-refractivity contribution in [3.05, 3.63) is 46.6 Å². The molecule has 4 nitrogen and oxygen atoms in total. The van der Waals surface area contributed by atoms with Crippen LogP contribution in [0.25, 0.3) is 11.1 Å². The highest BCUT2D eigenvalue weighted by atomic mass is 16.1. The Labute approximate surface area is 93.4 Å². The molecule has 0 spiro atoms.